The molecular formula is C15H24N2O. The molecule has 2 heterocycles. The summed E-state index contributed by atoms with van der Waals surface area (Å²) in [5.74, 6) is 0.652. The van der Waals surface area contributed by atoms with Crippen molar-refractivity contribution in [2.24, 2.45) is 5.92 Å². The van der Waals surface area contributed by atoms with Crippen LogP contribution in [0.3, 0.4) is 0 Å². The molecule has 1 atom stereocenters. The van der Waals surface area contributed by atoms with E-state index in [9.17, 15) is 0 Å². The lowest BCUT2D eigenvalue weighted by molar-refractivity contribution is 0.0531. The van der Waals surface area contributed by atoms with Gasteiger partial charge in [-0.05, 0) is 56.3 Å². The fourth-order valence-corrected chi connectivity index (χ4v) is 2.59. The predicted octanol–water partition coefficient (Wildman–Crippen LogP) is 2.86. The molecule has 3 nitrogen and oxygen atoms in total. The van der Waals surface area contributed by atoms with Crippen LogP contribution in [0.1, 0.15) is 43.5 Å². The molecule has 1 fully saturated rings. The quantitative estimate of drug-likeness (QED) is 0.870. The van der Waals surface area contributed by atoms with E-state index >= 15 is 0 Å². The van der Waals surface area contributed by atoms with Crippen molar-refractivity contribution in [1.82, 2.24) is 10.3 Å². The third kappa shape index (κ3) is 3.53. The smallest absolute Gasteiger partial charge is 0.0578 e. The maximum atomic E-state index is 5.47. The molecule has 0 saturated carbocycles. The van der Waals surface area contributed by atoms with Crippen LogP contribution in [-0.2, 0) is 4.74 Å². The predicted molar refractivity (Wildman–Crippen MR) is 73.6 cm³/mol. The van der Waals surface area contributed by atoms with Crippen LogP contribution in [0.2, 0.25) is 0 Å². The van der Waals surface area contributed by atoms with Crippen molar-refractivity contribution in [2.75, 3.05) is 19.8 Å². The SMILES string of the molecule is CCCNC(c1cc(C)ccn1)C1CCOCC1. The van der Waals surface area contributed by atoms with Crippen LogP contribution < -0.4 is 5.32 Å². The Labute approximate surface area is 110 Å². The first kappa shape index (κ1) is 13.5. The average molecular weight is 248 g/mol. The Morgan fingerprint density at radius 1 is 1.44 bits per heavy atom. The van der Waals surface area contributed by atoms with Crippen molar-refractivity contribution in [3.05, 3.63) is 29.6 Å². The summed E-state index contributed by atoms with van der Waals surface area (Å²) < 4.78 is 5.47. The Bertz CT molecular complexity index is 361. The Balaban J connectivity index is 2.12. The normalized spacial score (nSPS) is 18.8. The lowest BCUT2D eigenvalue weighted by Crippen LogP contribution is -2.33. The van der Waals surface area contributed by atoms with Gasteiger partial charge in [0.05, 0.1) is 11.7 Å². The highest BCUT2D eigenvalue weighted by molar-refractivity contribution is 5.18. The van der Waals surface area contributed by atoms with E-state index in [0.717, 1.165) is 39.0 Å². The van der Waals surface area contributed by atoms with Crippen molar-refractivity contribution in [3.63, 3.8) is 0 Å². The van der Waals surface area contributed by atoms with Gasteiger partial charge in [0.2, 0.25) is 0 Å². The van der Waals surface area contributed by atoms with Crippen LogP contribution in [0, 0.1) is 12.8 Å². The molecule has 2 rings (SSSR count). The summed E-state index contributed by atoms with van der Waals surface area (Å²) >= 11 is 0. The van der Waals surface area contributed by atoms with Crippen LogP contribution in [0.15, 0.2) is 18.3 Å². The van der Waals surface area contributed by atoms with Crippen molar-refractivity contribution in [3.8, 4) is 0 Å². The Morgan fingerprint density at radius 2 is 2.22 bits per heavy atom. The summed E-state index contributed by atoms with van der Waals surface area (Å²) in [6.07, 6.45) is 5.35. The number of nitrogens with one attached hydrogen (secondary N) is 1. The first-order valence-electron chi connectivity index (χ1n) is 7.05. The van der Waals surface area contributed by atoms with Gasteiger partial charge in [-0.1, -0.05) is 6.92 Å². The standard InChI is InChI=1S/C15H24N2O/c1-3-7-17-15(13-5-9-18-10-6-13)14-11-12(2)4-8-16-14/h4,8,11,13,15,17H,3,5-7,9-10H2,1-2H3. The minimum atomic E-state index is 0.383. The maximum Gasteiger partial charge on any atom is 0.0578 e. The number of rotatable bonds is 5. The van der Waals surface area contributed by atoms with E-state index in [4.69, 9.17) is 4.74 Å². The highest BCUT2D eigenvalue weighted by Crippen LogP contribution is 2.29. The van der Waals surface area contributed by atoms with Gasteiger partial charge in [0.1, 0.15) is 0 Å². The van der Waals surface area contributed by atoms with Crippen molar-refractivity contribution >= 4 is 0 Å². The molecule has 0 aromatic carbocycles. The van der Waals surface area contributed by atoms with Gasteiger partial charge in [-0.2, -0.15) is 0 Å². The summed E-state index contributed by atoms with van der Waals surface area (Å²) in [5, 5.41) is 3.66. The van der Waals surface area contributed by atoms with Gasteiger partial charge in [0.15, 0.2) is 0 Å². The van der Waals surface area contributed by atoms with Crippen LogP contribution in [0.5, 0.6) is 0 Å². The zero-order valence-electron chi connectivity index (χ0n) is 11.5. The number of aromatic nitrogens is 1. The van der Waals surface area contributed by atoms with E-state index in [0.29, 0.717) is 12.0 Å². The van der Waals surface area contributed by atoms with Gasteiger partial charge in [0, 0.05) is 19.4 Å². The molecule has 3 heteroatoms. The zero-order chi connectivity index (χ0) is 12.8. The number of hydrogen-bond acceptors (Lipinski definition) is 3. The summed E-state index contributed by atoms with van der Waals surface area (Å²) in [6, 6.07) is 4.65. The largest absolute Gasteiger partial charge is 0.381 e. The molecule has 1 aromatic heterocycles. The molecule has 0 aliphatic carbocycles. The summed E-state index contributed by atoms with van der Waals surface area (Å²) in [6.45, 7) is 7.17. The lowest BCUT2D eigenvalue weighted by Gasteiger charge is -2.31. The van der Waals surface area contributed by atoms with Crippen LogP contribution >= 0.6 is 0 Å². The van der Waals surface area contributed by atoms with Gasteiger partial charge in [-0.25, -0.2) is 0 Å². The fourth-order valence-electron chi connectivity index (χ4n) is 2.59. The molecule has 1 saturated heterocycles. The molecule has 0 spiro atoms. The van der Waals surface area contributed by atoms with Crippen LogP contribution in [-0.4, -0.2) is 24.7 Å². The molecule has 100 valence electrons. The maximum absolute atomic E-state index is 5.47. The van der Waals surface area contributed by atoms with Crippen molar-refractivity contribution in [1.29, 1.82) is 0 Å². The third-order valence-corrected chi connectivity index (χ3v) is 3.61. The Kier molecular flexibility index (Phi) is 5.14. The van der Waals surface area contributed by atoms with E-state index in [1.54, 1.807) is 0 Å². The highest BCUT2D eigenvalue weighted by atomic mass is 16.5. The van der Waals surface area contributed by atoms with Gasteiger partial charge >= 0.3 is 0 Å². The summed E-state index contributed by atoms with van der Waals surface area (Å²) in [5.41, 5.74) is 2.48. The van der Waals surface area contributed by atoms with E-state index < -0.39 is 0 Å². The van der Waals surface area contributed by atoms with Crippen molar-refractivity contribution < 1.29 is 4.74 Å². The molecule has 1 aliphatic rings. The summed E-state index contributed by atoms with van der Waals surface area (Å²) in [4.78, 5) is 4.56. The second-order valence-electron chi connectivity index (χ2n) is 5.14. The van der Waals surface area contributed by atoms with Gasteiger partial charge in [-0.3, -0.25) is 4.98 Å². The van der Waals surface area contributed by atoms with Gasteiger partial charge in [0.25, 0.3) is 0 Å². The lowest BCUT2D eigenvalue weighted by atomic mass is 9.89. The molecule has 18 heavy (non-hydrogen) atoms. The highest BCUT2D eigenvalue weighted by Gasteiger charge is 2.25. The molecular weight excluding hydrogens is 224 g/mol. The molecule has 0 amide bonds. The Morgan fingerprint density at radius 3 is 2.89 bits per heavy atom. The minimum Gasteiger partial charge on any atom is -0.381 e. The Hall–Kier alpha value is -0.930. The minimum absolute atomic E-state index is 0.383. The van der Waals surface area contributed by atoms with Crippen LogP contribution in [0.25, 0.3) is 0 Å². The number of aryl methyl sites for hydroxylation is 1. The number of pyridine rings is 1. The average Bonchev–Trinajstić information content (AvgIpc) is 2.40. The van der Waals surface area contributed by atoms with E-state index in [-0.39, 0.29) is 0 Å². The van der Waals surface area contributed by atoms with Crippen molar-refractivity contribution in [2.45, 2.75) is 39.2 Å². The number of nitrogens with zero attached hydrogens (tertiary/aromatic N) is 1. The first-order chi connectivity index (χ1) is 8.81. The molecule has 0 bridgehead atoms. The number of ether oxygens (including phenoxy) is 1. The summed E-state index contributed by atoms with van der Waals surface area (Å²) in [7, 11) is 0. The zero-order valence-corrected chi connectivity index (χ0v) is 11.5. The molecule has 0 radical (unpaired) electrons. The van der Waals surface area contributed by atoms with E-state index in [1.807, 2.05) is 6.20 Å². The first-order valence-corrected chi connectivity index (χ1v) is 7.05. The van der Waals surface area contributed by atoms with E-state index in [2.05, 4.69) is 36.3 Å². The monoisotopic (exact) mass is 248 g/mol. The fraction of sp³-hybridized carbons (Fsp3) is 0.667. The second-order valence-corrected chi connectivity index (χ2v) is 5.14. The van der Waals surface area contributed by atoms with Gasteiger partial charge in [-0.15, -0.1) is 0 Å². The van der Waals surface area contributed by atoms with Gasteiger partial charge < -0.3 is 10.1 Å². The number of hydrogen-bond donors (Lipinski definition) is 1. The van der Waals surface area contributed by atoms with Crippen LogP contribution in [0.4, 0.5) is 0 Å². The van der Waals surface area contributed by atoms with E-state index in [1.165, 1.54) is 11.3 Å². The molecule has 1 N–H and O–H groups in total. The second kappa shape index (κ2) is 6.86. The molecule has 1 unspecified atom stereocenters. The molecule has 1 aromatic rings. The molecule has 1 aliphatic heterocycles. The topological polar surface area (TPSA) is 34.2 Å². The third-order valence-electron chi connectivity index (χ3n) is 3.61.